The van der Waals surface area contributed by atoms with E-state index in [2.05, 4.69) is 0 Å². The maximum Gasteiger partial charge on any atom is 0.328 e. The molecule has 4 atom stereocenters. The van der Waals surface area contributed by atoms with Gasteiger partial charge in [-0.15, -0.1) is 0 Å². The van der Waals surface area contributed by atoms with Crippen LogP contribution in [-0.2, 0) is 14.4 Å². The van der Waals surface area contributed by atoms with Crippen LogP contribution in [0.3, 0.4) is 0 Å². The molecule has 6 nitrogen and oxygen atoms in total. The van der Waals surface area contributed by atoms with Crippen molar-refractivity contribution in [2.45, 2.75) is 68.5 Å². The number of likely N-dealkylation sites (tertiary alicyclic amines) is 1. The van der Waals surface area contributed by atoms with Crippen LogP contribution in [0.15, 0.2) is 91.0 Å². The predicted octanol–water partition coefficient (Wildman–Crippen LogP) is 5.45. The monoisotopic (exact) mass is 536 g/mol. The van der Waals surface area contributed by atoms with E-state index >= 15 is 0 Å². The fourth-order valence-electron chi connectivity index (χ4n) is 7.48. The van der Waals surface area contributed by atoms with Gasteiger partial charge in [-0.3, -0.25) is 9.59 Å². The number of carboxylic acids is 1. The molecule has 40 heavy (non-hydrogen) atoms. The Labute approximate surface area is 235 Å². The predicted molar refractivity (Wildman–Crippen MR) is 153 cm³/mol. The average Bonchev–Trinajstić information content (AvgIpc) is 3.61. The van der Waals surface area contributed by atoms with E-state index in [1.54, 1.807) is 4.90 Å². The molecular weight excluding hydrogens is 500 g/mol. The van der Waals surface area contributed by atoms with E-state index in [1.165, 1.54) is 0 Å². The first-order valence-corrected chi connectivity index (χ1v) is 14.5. The molecule has 3 fully saturated rings. The van der Waals surface area contributed by atoms with E-state index in [0.717, 1.165) is 42.4 Å². The van der Waals surface area contributed by atoms with Gasteiger partial charge in [0.2, 0.25) is 11.8 Å². The minimum atomic E-state index is -1.08. The first-order valence-electron chi connectivity index (χ1n) is 14.5. The van der Waals surface area contributed by atoms with Crippen molar-refractivity contribution in [2.75, 3.05) is 6.54 Å². The summed E-state index contributed by atoms with van der Waals surface area (Å²) in [6.45, 7) is 0.236. The van der Waals surface area contributed by atoms with Crippen molar-refractivity contribution in [2.24, 2.45) is 5.92 Å². The summed E-state index contributed by atoms with van der Waals surface area (Å²) in [5, 5.41) is 10.5. The molecule has 3 aromatic carbocycles. The molecular formula is C34H36N2O4. The van der Waals surface area contributed by atoms with Crippen molar-refractivity contribution in [1.82, 2.24) is 9.80 Å². The number of carbonyl (C=O) groups excluding carboxylic acids is 2. The highest BCUT2D eigenvalue weighted by Gasteiger charge is 2.55. The number of hydrogen-bond acceptors (Lipinski definition) is 3. The number of benzene rings is 3. The Hall–Kier alpha value is -3.93. The van der Waals surface area contributed by atoms with Crippen LogP contribution in [0.25, 0.3) is 0 Å². The second kappa shape index (κ2) is 11.3. The Bertz CT molecular complexity index is 1300. The largest absolute Gasteiger partial charge is 0.480 e. The number of carboxylic acid groups (broad SMARTS) is 1. The second-order valence-corrected chi connectivity index (χ2v) is 11.5. The molecule has 206 valence electrons. The van der Waals surface area contributed by atoms with Crippen LogP contribution in [0.2, 0.25) is 0 Å². The third kappa shape index (κ3) is 4.80. The number of piperazine rings is 1. The van der Waals surface area contributed by atoms with E-state index in [4.69, 9.17) is 0 Å². The molecule has 0 radical (unpaired) electrons. The van der Waals surface area contributed by atoms with Gasteiger partial charge in [-0.05, 0) is 48.3 Å². The second-order valence-electron chi connectivity index (χ2n) is 11.5. The molecule has 1 saturated carbocycles. The average molecular weight is 537 g/mol. The highest BCUT2D eigenvalue weighted by Crippen LogP contribution is 2.43. The summed E-state index contributed by atoms with van der Waals surface area (Å²) in [6.07, 6.45) is 5.56. The minimum absolute atomic E-state index is 0.0339. The molecule has 3 aromatic rings. The van der Waals surface area contributed by atoms with Crippen LogP contribution in [-0.4, -0.2) is 57.4 Å². The first-order chi connectivity index (χ1) is 19.5. The maximum atomic E-state index is 14.4. The zero-order chi connectivity index (χ0) is 27.6. The molecule has 2 saturated heterocycles. The highest BCUT2D eigenvalue weighted by atomic mass is 16.4. The van der Waals surface area contributed by atoms with Gasteiger partial charge in [0.25, 0.3) is 0 Å². The Morgan fingerprint density at radius 3 is 1.73 bits per heavy atom. The summed E-state index contributed by atoms with van der Waals surface area (Å²) in [7, 11) is 0. The van der Waals surface area contributed by atoms with Gasteiger partial charge in [0.05, 0.1) is 17.9 Å². The lowest BCUT2D eigenvalue weighted by Crippen LogP contribution is -2.66. The molecule has 0 aromatic heterocycles. The van der Waals surface area contributed by atoms with Gasteiger partial charge in [0.1, 0.15) is 6.04 Å². The summed E-state index contributed by atoms with van der Waals surface area (Å²) in [5.41, 5.74) is 2.68. The van der Waals surface area contributed by atoms with Crippen LogP contribution in [0.5, 0.6) is 0 Å². The lowest BCUT2D eigenvalue weighted by Gasteiger charge is -2.47. The quantitative estimate of drug-likeness (QED) is 0.436. The molecule has 2 bridgehead atoms. The fraction of sp³-hybridized carbons (Fsp3) is 0.382. The summed E-state index contributed by atoms with van der Waals surface area (Å²) < 4.78 is 0. The van der Waals surface area contributed by atoms with Gasteiger partial charge in [-0.25, -0.2) is 4.79 Å². The van der Waals surface area contributed by atoms with Crippen LogP contribution in [0, 0.1) is 5.92 Å². The number of hydrogen-bond donors (Lipinski definition) is 1. The highest BCUT2D eigenvalue weighted by molar-refractivity contribution is 5.93. The lowest BCUT2D eigenvalue weighted by molar-refractivity contribution is -0.162. The summed E-state index contributed by atoms with van der Waals surface area (Å²) >= 11 is 0. The topological polar surface area (TPSA) is 77.9 Å². The van der Waals surface area contributed by atoms with Crippen molar-refractivity contribution < 1.29 is 19.5 Å². The first kappa shape index (κ1) is 26.3. The van der Waals surface area contributed by atoms with Crippen LogP contribution in [0.4, 0.5) is 0 Å². The molecule has 1 aliphatic carbocycles. The van der Waals surface area contributed by atoms with E-state index in [-0.39, 0.29) is 36.2 Å². The van der Waals surface area contributed by atoms with E-state index in [1.807, 2.05) is 95.9 Å². The van der Waals surface area contributed by atoms with Crippen LogP contribution in [0.1, 0.15) is 67.1 Å². The molecule has 6 heteroatoms. The normalized spacial score (nSPS) is 23.4. The number of carbonyl (C=O) groups is 3. The van der Waals surface area contributed by atoms with E-state index in [0.29, 0.717) is 12.8 Å². The van der Waals surface area contributed by atoms with Crippen molar-refractivity contribution in [3.05, 3.63) is 108 Å². The Morgan fingerprint density at radius 2 is 1.20 bits per heavy atom. The van der Waals surface area contributed by atoms with Crippen molar-refractivity contribution in [1.29, 1.82) is 0 Å². The fourth-order valence-corrected chi connectivity index (χ4v) is 7.48. The Balaban J connectivity index is 1.34. The Morgan fingerprint density at radius 1 is 0.675 bits per heavy atom. The van der Waals surface area contributed by atoms with Gasteiger partial charge < -0.3 is 14.9 Å². The third-order valence-corrected chi connectivity index (χ3v) is 9.25. The van der Waals surface area contributed by atoms with Gasteiger partial charge in [-0.1, -0.05) is 104 Å². The van der Waals surface area contributed by atoms with Crippen molar-refractivity contribution in [3.8, 4) is 0 Å². The Kier molecular flexibility index (Phi) is 7.42. The van der Waals surface area contributed by atoms with E-state index < -0.39 is 24.0 Å². The van der Waals surface area contributed by atoms with Gasteiger partial charge in [0, 0.05) is 12.6 Å². The third-order valence-electron chi connectivity index (χ3n) is 9.25. The van der Waals surface area contributed by atoms with Gasteiger partial charge in [-0.2, -0.15) is 0 Å². The summed E-state index contributed by atoms with van der Waals surface area (Å²) in [5.74, 6) is -1.85. The zero-order valence-electron chi connectivity index (χ0n) is 22.6. The smallest absolute Gasteiger partial charge is 0.328 e. The number of nitrogens with zero attached hydrogens (tertiary/aromatic N) is 2. The van der Waals surface area contributed by atoms with Gasteiger partial charge in [0.15, 0.2) is 0 Å². The summed E-state index contributed by atoms with van der Waals surface area (Å²) in [4.78, 5) is 45.1. The van der Waals surface area contributed by atoms with Gasteiger partial charge >= 0.3 is 5.97 Å². The molecule has 6 rings (SSSR count). The number of amides is 2. The molecule has 1 unspecified atom stereocenters. The van der Waals surface area contributed by atoms with Crippen LogP contribution >= 0.6 is 0 Å². The number of rotatable bonds is 7. The molecule has 2 heterocycles. The molecule has 2 aliphatic heterocycles. The van der Waals surface area contributed by atoms with Crippen LogP contribution < -0.4 is 0 Å². The standard InChI is InChI=1S/C34H36N2O4/c37-32(29(23-12-4-1-5-13-23)24-14-6-2-7-15-24)35-22-27-20-21-28(31(35)34(39)40)36(27)33(38)30(26-18-10-11-19-26)25-16-8-3-9-17-25/h1-9,12-17,26-31H,10-11,18-22H2,(H,39,40)/t27-,28+,30?,31-/m0/s1. The minimum Gasteiger partial charge on any atom is -0.480 e. The zero-order valence-corrected chi connectivity index (χ0v) is 22.6. The molecule has 2 amide bonds. The number of fused-ring (bicyclic) bond motifs is 2. The molecule has 0 spiro atoms. The van der Waals surface area contributed by atoms with Crippen molar-refractivity contribution >= 4 is 17.8 Å². The maximum absolute atomic E-state index is 14.4. The number of aliphatic carboxylic acids is 1. The van der Waals surface area contributed by atoms with Crippen molar-refractivity contribution in [3.63, 3.8) is 0 Å². The molecule has 1 N–H and O–H groups in total. The van der Waals surface area contributed by atoms with E-state index in [9.17, 15) is 19.5 Å². The summed E-state index contributed by atoms with van der Waals surface area (Å²) in [6, 6.07) is 27.3. The molecule has 3 aliphatic rings. The lowest BCUT2D eigenvalue weighted by atomic mass is 9.82. The SMILES string of the molecule is O=C(O)[C@@H]1[C@H]2CC[C@@H](CN1C(=O)C(c1ccccc1)c1ccccc1)N2C(=O)C(c1ccccc1)C1CCCC1.